The van der Waals surface area contributed by atoms with Gasteiger partial charge in [-0.05, 0) is 22.4 Å². The minimum absolute atomic E-state index is 0.0760. The zero-order valence-corrected chi connectivity index (χ0v) is 11.5. The Morgan fingerprint density at radius 1 is 0.857 bits per heavy atom. The van der Waals surface area contributed by atoms with Crippen molar-refractivity contribution in [1.29, 1.82) is 0 Å². The van der Waals surface area contributed by atoms with Gasteiger partial charge in [0, 0.05) is 11.5 Å². The summed E-state index contributed by atoms with van der Waals surface area (Å²) in [5, 5.41) is 2.42. The summed E-state index contributed by atoms with van der Waals surface area (Å²) in [6, 6.07) is 22.5. The van der Waals surface area contributed by atoms with Crippen LogP contribution in [0.25, 0.3) is 10.8 Å². The molecule has 3 aromatic carbocycles. The lowest BCUT2D eigenvalue weighted by Crippen LogP contribution is -2.20. The van der Waals surface area contributed by atoms with Crippen molar-refractivity contribution in [1.82, 2.24) is 0 Å². The lowest BCUT2D eigenvalue weighted by molar-refractivity contribution is -0.135. The molecule has 1 atom stereocenters. The Hall–Kier alpha value is -2.61. The number of benzene rings is 3. The van der Waals surface area contributed by atoms with E-state index in [1.54, 1.807) is 0 Å². The average molecular weight is 274 g/mol. The van der Waals surface area contributed by atoms with Crippen molar-refractivity contribution in [3.05, 3.63) is 77.9 Å². The number of hydrogen-bond donors (Lipinski definition) is 0. The van der Waals surface area contributed by atoms with Crippen molar-refractivity contribution in [2.24, 2.45) is 0 Å². The van der Waals surface area contributed by atoms with Gasteiger partial charge in [-0.2, -0.15) is 0 Å². The molecule has 4 rings (SSSR count). The first-order chi connectivity index (χ1) is 10.3. The molecule has 1 aliphatic heterocycles. The molecule has 0 saturated heterocycles. The fraction of sp³-hybridized carbons (Fsp3) is 0.105. The van der Waals surface area contributed by atoms with Crippen LogP contribution in [0.2, 0.25) is 0 Å². The third kappa shape index (κ3) is 2.09. The van der Waals surface area contributed by atoms with Crippen LogP contribution in [0.5, 0.6) is 5.75 Å². The summed E-state index contributed by atoms with van der Waals surface area (Å²) in [4.78, 5) is 11.9. The van der Waals surface area contributed by atoms with E-state index >= 15 is 0 Å². The molecule has 0 aliphatic carbocycles. The highest BCUT2D eigenvalue weighted by molar-refractivity contribution is 5.84. The molecule has 1 aliphatic rings. The molecule has 3 aromatic rings. The van der Waals surface area contributed by atoms with Crippen molar-refractivity contribution in [3.63, 3.8) is 0 Å². The third-order valence-electron chi connectivity index (χ3n) is 4.06. The number of rotatable bonds is 1. The summed E-state index contributed by atoms with van der Waals surface area (Å²) in [7, 11) is 0. The lowest BCUT2D eigenvalue weighted by Gasteiger charge is -2.25. The van der Waals surface area contributed by atoms with Crippen molar-refractivity contribution >= 4 is 16.7 Å². The topological polar surface area (TPSA) is 26.3 Å². The third-order valence-corrected chi connectivity index (χ3v) is 4.06. The molecule has 0 fully saturated rings. The van der Waals surface area contributed by atoms with Gasteiger partial charge in [0.25, 0.3) is 0 Å². The van der Waals surface area contributed by atoms with E-state index in [0.717, 1.165) is 11.1 Å². The van der Waals surface area contributed by atoms with E-state index in [4.69, 9.17) is 4.74 Å². The standard InChI is InChI=1S/C19H14O2/c20-19-12-17(16-7-3-4-8-18(16)21-19)15-10-9-13-5-1-2-6-14(13)11-15/h1-11,17H,12H2/t17-/m0/s1. The molecule has 0 N–H and O–H groups in total. The first kappa shape index (κ1) is 12.2. The van der Waals surface area contributed by atoms with Gasteiger partial charge in [0.05, 0.1) is 6.42 Å². The van der Waals surface area contributed by atoms with Gasteiger partial charge >= 0.3 is 5.97 Å². The number of para-hydroxylation sites is 1. The molecule has 102 valence electrons. The maximum atomic E-state index is 11.9. The Morgan fingerprint density at radius 3 is 2.52 bits per heavy atom. The van der Waals surface area contributed by atoms with Gasteiger partial charge in [-0.25, -0.2) is 0 Å². The van der Waals surface area contributed by atoms with E-state index in [0.29, 0.717) is 12.2 Å². The summed E-state index contributed by atoms with van der Waals surface area (Å²) in [6.45, 7) is 0. The van der Waals surface area contributed by atoms with Gasteiger partial charge in [0.2, 0.25) is 0 Å². The largest absolute Gasteiger partial charge is 0.426 e. The van der Waals surface area contributed by atoms with Crippen LogP contribution in [0.4, 0.5) is 0 Å². The van der Waals surface area contributed by atoms with Crippen LogP contribution in [-0.4, -0.2) is 5.97 Å². The first-order valence-electron chi connectivity index (χ1n) is 7.09. The number of esters is 1. The van der Waals surface area contributed by atoms with E-state index in [1.165, 1.54) is 10.8 Å². The second-order valence-electron chi connectivity index (χ2n) is 5.38. The van der Waals surface area contributed by atoms with Crippen LogP contribution >= 0.6 is 0 Å². The van der Waals surface area contributed by atoms with Crippen LogP contribution in [-0.2, 0) is 4.79 Å². The SMILES string of the molecule is O=C1C[C@@H](c2ccc3ccccc3c2)c2ccccc2O1. The molecule has 0 amide bonds. The van der Waals surface area contributed by atoms with Crippen molar-refractivity contribution < 1.29 is 9.53 Å². The fourth-order valence-corrected chi connectivity index (χ4v) is 3.02. The summed E-state index contributed by atoms with van der Waals surface area (Å²) >= 11 is 0. The summed E-state index contributed by atoms with van der Waals surface area (Å²) in [5.41, 5.74) is 2.25. The lowest BCUT2D eigenvalue weighted by atomic mass is 9.85. The van der Waals surface area contributed by atoms with Crippen LogP contribution in [0.15, 0.2) is 66.7 Å². The molecule has 21 heavy (non-hydrogen) atoms. The van der Waals surface area contributed by atoms with Gasteiger partial charge in [-0.15, -0.1) is 0 Å². The maximum absolute atomic E-state index is 11.9. The zero-order chi connectivity index (χ0) is 14.2. The molecule has 0 bridgehead atoms. The molecular formula is C19H14O2. The quantitative estimate of drug-likeness (QED) is 0.489. The van der Waals surface area contributed by atoms with Crippen molar-refractivity contribution in [2.45, 2.75) is 12.3 Å². The Morgan fingerprint density at radius 2 is 1.62 bits per heavy atom. The number of hydrogen-bond acceptors (Lipinski definition) is 2. The van der Waals surface area contributed by atoms with Crippen LogP contribution in [0.1, 0.15) is 23.5 Å². The minimum atomic E-state index is -0.160. The van der Waals surface area contributed by atoms with E-state index in [1.807, 2.05) is 36.4 Å². The predicted molar refractivity (Wildman–Crippen MR) is 82.5 cm³/mol. The Labute approximate surface area is 123 Å². The Kier molecular flexibility index (Phi) is 2.74. The second-order valence-corrected chi connectivity index (χ2v) is 5.38. The summed E-state index contributed by atoms with van der Waals surface area (Å²) in [6.07, 6.45) is 0.398. The normalized spacial score (nSPS) is 17.3. The van der Waals surface area contributed by atoms with Gasteiger partial charge in [-0.3, -0.25) is 4.79 Å². The van der Waals surface area contributed by atoms with Gasteiger partial charge in [-0.1, -0.05) is 60.7 Å². The molecule has 1 heterocycles. The number of carbonyl (C=O) groups excluding carboxylic acids is 1. The van der Waals surface area contributed by atoms with Gasteiger partial charge in [0.15, 0.2) is 0 Å². The van der Waals surface area contributed by atoms with Crippen LogP contribution in [0, 0.1) is 0 Å². The highest BCUT2D eigenvalue weighted by Crippen LogP contribution is 2.39. The zero-order valence-electron chi connectivity index (χ0n) is 11.5. The molecule has 0 saturated carbocycles. The van der Waals surface area contributed by atoms with Crippen molar-refractivity contribution in [2.75, 3.05) is 0 Å². The second kappa shape index (κ2) is 4.74. The Bertz CT molecular complexity index is 836. The first-order valence-corrected chi connectivity index (χ1v) is 7.09. The molecule has 0 radical (unpaired) electrons. The minimum Gasteiger partial charge on any atom is -0.426 e. The highest BCUT2D eigenvalue weighted by Gasteiger charge is 2.27. The van der Waals surface area contributed by atoms with Crippen molar-refractivity contribution in [3.8, 4) is 5.75 Å². The molecule has 0 aromatic heterocycles. The molecule has 2 nitrogen and oxygen atoms in total. The maximum Gasteiger partial charge on any atom is 0.312 e. The van der Waals surface area contributed by atoms with Gasteiger partial charge < -0.3 is 4.74 Å². The number of fused-ring (bicyclic) bond motifs is 2. The predicted octanol–water partition coefficient (Wildman–Crippen LogP) is 4.28. The molecule has 0 spiro atoms. The van der Waals surface area contributed by atoms with E-state index in [-0.39, 0.29) is 11.9 Å². The van der Waals surface area contributed by atoms with Gasteiger partial charge in [0.1, 0.15) is 5.75 Å². The smallest absolute Gasteiger partial charge is 0.312 e. The summed E-state index contributed by atoms with van der Waals surface area (Å²) < 4.78 is 5.33. The highest BCUT2D eigenvalue weighted by atomic mass is 16.5. The monoisotopic (exact) mass is 274 g/mol. The fourth-order valence-electron chi connectivity index (χ4n) is 3.02. The number of carbonyl (C=O) groups is 1. The number of ether oxygens (including phenoxy) is 1. The summed E-state index contributed by atoms with van der Waals surface area (Å²) in [5.74, 6) is 0.603. The van der Waals surface area contributed by atoms with E-state index in [9.17, 15) is 4.79 Å². The molecule has 0 unspecified atom stereocenters. The van der Waals surface area contributed by atoms with Crippen LogP contribution in [0.3, 0.4) is 0 Å². The average Bonchev–Trinajstić information content (AvgIpc) is 2.53. The molecular weight excluding hydrogens is 260 g/mol. The Balaban J connectivity index is 1.86. The molecule has 2 heteroatoms. The van der Waals surface area contributed by atoms with Crippen LogP contribution < -0.4 is 4.74 Å². The van der Waals surface area contributed by atoms with E-state index in [2.05, 4.69) is 30.3 Å². The van der Waals surface area contributed by atoms with E-state index < -0.39 is 0 Å².